The highest BCUT2D eigenvalue weighted by Crippen LogP contribution is 2.31. The lowest BCUT2D eigenvalue weighted by atomic mass is 10.2. The molecule has 0 aliphatic carbocycles. The molecule has 3 aromatic rings. The number of carbonyl (C=O) groups is 1. The van der Waals surface area contributed by atoms with Crippen LogP contribution in [0.15, 0.2) is 59.5 Å². The lowest BCUT2D eigenvalue weighted by Gasteiger charge is -2.15. The highest BCUT2D eigenvalue weighted by atomic mass is 19.4. The maximum Gasteiger partial charge on any atom is 0.416 e. The summed E-state index contributed by atoms with van der Waals surface area (Å²) in [5.41, 5.74) is 0.120. The molecule has 2 heterocycles. The van der Waals surface area contributed by atoms with E-state index in [1.807, 2.05) is 6.07 Å². The monoisotopic (exact) mass is 391 g/mol. The van der Waals surface area contributed by atoms with E-state index in [0.29, 0.717) is 6.54 Å². The number of carbonyl (C=O) groups excluding carboxylic acids is 1. The Morgan fingerprint density at radius 2 is 2.07 bits per heavy atom. The number of ether oxygens (including phenoxy) is 1. The van der Waals surface area contributed by atoms with E-state index >= 15 is 0 Å². The first-order chi connectivity index (χ1) is 13.3. The number of halogens is 3. The highest BCUT2D eigenvalue weighted by molar-refractivity contribution is 5.91. The predicted molar refractivity (Wildman–Crippen MR) is 92.3 cm³/mol. The van der Waals surface area contributed by atoms with Crippen molar-refractivity contribution >= 4 is 5.91 Å². The number of pyridine rings is 1. The number of rotatable bonds is 6. The number of aromatic nitrogens is 2. The third-order valence-electron chi connectivity index (χ3n) is 3.78. The number of oxazole rings is 1. The third kappa shape index (κ3) is 4.87. The zero-order valence-electron chi connectivity index (χ0n) is 14.8. The van der Waals surface area contributed by atoms with Crippen molar-refractivity contribution in [2.45, 2.75) is 19.3 Å². The maximum absolute atomic E-state index is 12.7. The second-order valence-corrected chi connectivity index (χ2v) is 5.96. The number of nitrogens with zero attached hydrogens (tertiary/aromatic N) is 3. The summed E-state index contributed by atoms with van der Waals surface area (Å²) in [6.07, 6.45) is 0.0220. The second-order valence-electron chi connectivity index (χ2n) is 5.96. The van der Waals surface area contributed by atoms with Crippen LogP contribution < -0.4 is 4.74 Å². The van der Waals surface area contributed by atoms with Crippen molar-refractivity contribution in [2.24, 2.45) is 0 Å². The van der Waals surface area contributed by atoms with Crippen LogP contribution in [0.1, 0.15) is 27.5 Å². The number of alkyl halides is 3. The van der Waals surface area contributed by atoms with E-state index < -0.39 is 11.7 Å². The largest absolute Gasteiger partial charge is 0.484 e. The molecule has 0 aliphatic rings. The van der Waals surface area contributed by atoms with Crippen LogP contribution in [0.4, 0.5) is 13.2 Å². The molecule has 0 fully saturated rings. The van der Waals surface area contributed by atoms with E-state index in [0.717, 1.165) is 17.7 Å². The molecule has 0 atom stereocenters. The first-order valence-corrected chi connectivity index (χ1v) is 8.22. The van der Waals surface area contributed by atoms with Gasteiger partial charge in [-0.2, -0.15) is 13.2 Å². The van der Waals surface area contributed by atoms with Gasteiger partial charge in [-0.15, -0.1) is 0 Å². The van der Waals surface area contributed by atoms with Crippen molar-refractivity contribution in [3.05, 3.63) is 77.8 Å². The van der Waals surface area contributed by atoms with Crippen LogP contribution in [-0.4, -0.2) is 27.8 Å². The third-order valence-corrected chi connectivity index (χ3v) is 3.78. The van der Waals surface area contributed by atoms with Crippen LogP contribution in [0, 0.1) is 0 Å². The topological polar surface area (TPSA) is 68.5 Å². The van der Waals surface area contributed by atoms with Gasteiger partial charge < -0.3 is 14.1 Å². The Morgan fingerprint density at radius 3 is 2.79 bits per heavy atom. The summed E-state index contributed by atoms with van der Waals surface area (Å²) in [4.78, 5) is 21.9. The van der Waals surface area contributed by atoms with Gasteiger partial charge in [-0.05, 0) is 29.8 Å². The predicted octanol–water partition coefficient (Wildman–Crippen LogP) is 3.94. The molecule has 0 bridgehead atoms. The number of hydrogen-bond donors (Lipinski definition) is 0. The standard InChI is InChI=1S/C19H16F3N3O3/c1-25(10-13-4-3-7-23-9-13)18(26)16-11-28-17(24-16)12-27-15-6-2-5-14(8-15)19(20,21)22/h2-9,11H,10,12H2,1H3. The molecule has 9 heteroatoms. The molecule has 0 unspecified atom stereocenters. The molecule has 3 rings (SSSR count). The minimum Gasteiger partial charge on any atom is -0.484 e. The average molecular weight is 391 g/mol. The van der Waals surface area contributed by atoms with E-state index in [1.54, 1.807) is 25.5 Å². The van der Waals surface area contributed by atoms with Gasteiger partial charge in [-0.25, -0.2) is 4.98 Å². The lowest BCUT2D eigenvalue weighted by molar-refractivity contribution is -0.137. The average Bonchev–Trinajstić information content (AvgIpc) is 3.15. The van der Waals surface area contributed by atoms with Gasteiger partial charge in [0.05, 0.1) is 5.56 Å². The fraction of sp³-hybridized carbons (Fsp3) is 0.211. The fourth-order valence-corrected chi connectivity index (χ4v) is 2.42. The summed E-state index contributed by atoms with van der Waals surface area (Å²) < 4.78 is 48.6. The molecule has 1 amide bonds. The van der Waals surface area contributed by atoms with Crippen LogP contribution in [-0.2, 0) is 19.3 Å². The smallest absolute Gasteiger partial charge is 0.416 e. The molecule has 0 radical (unpaired) electrons. The van der Waals surface area contributed by atoms with Crippen molar-refractivity contribution in [2.75, 3.05) is 7.05 Å². The van der Waals surface area contributed by atoms with E-state index in [9.17, 15) is 18.0 Å². The van der Waals surface area contributed by atoms with Gasteiger partial charge >= 0.3 is 6.18 Å². The Balaban J connectivity index is 1.60. The first-order valence-electron chi connectivity index (χ1n) is 8.22. The van der Waals surface area contributed by atoms with Crippen LogP contribution in [0.25, 0.3) is 0 Å². The van der Waals surface area contributed by atoms with E-state index in [2.05, 4.69) is 9.97 Å². The van der Waals surface area contributed by atoms with Crippen molar-refractivity contribution in [1.82, 2.24) is 14.9 Å². The summed E-state index contributed by atoms with van der Waals surface area (Å²) in [7, 11) is 1.61. The normalized spacial score (nSPS) is 11.3. The van der Waals surface area contributed by atoms with Crippen LogP contribution in [0.5, 0.6) is 5.75 Å². The van der Waals surface area contributed by atoms with Gasteiger partial charge in [-0.1, -0.05) is 12.1 Å². The number of amides is 1. The Labute approximate surface area is 158 Å². The molecule has 0 spiro atoms. The molecule has 0 aliphatic heterocycles. The molecule has 28 heavy (non-hydrogen) atoms. The van der Waals surface area contributed by atoms with Crippen molar-refractivity contribution < 1.29 is 27.1 Å². The van der Waals surface area contributed by atoms with Gasteiger partial charge in [0.15, 0.2) is 12.3 Å². The summed E-state index contributed by atoms with van der Waals surface area (Å²) in [5.74, 6) is -0.261. The Kier molecular flexibility index (Phi) is 5.62. The van der Waals surface area contributed by atoms with E-state index in [4.69, 9.17) is 9.15 Å². The highest BCUT2D eigenvalue weighted by Gasteiger charge is 2.30. The van der Waals surface area contributed by atoms with Gasteiger partial charge in [0.1, 0.15) is 12.0 Å². The Hall–Kier alpha value is -3.36. The Bertz CT molecular complexity index is 942. The van der Waals surface area contributed by atoms with Crippen molar-refractivity contribution in [3.63, 3.8) is 0 Å². The quantitative estimate of drug-likeness (QED) is 0.637. The summed E-state index contributed by atoms with van der Waals surface area (Å²) >= 11 is 0. The van der Waals surface area contributed by atoms with Gasteiger partial charge in [0.25, 0.3) is 5.91 Å². The zero-order chi connectivity index (χ0) is 20.1. The molecular weight excluding hydrogens is 375 g/mol. The van der Waals surface area contributed by atoms with Crippen molar-refractivity contribution in [3.8, 4) is 5.75 Å². The molecule has 0 N–H and O–H groups in total. The molecule has 2 aromatic heterocycles. The van der Waals surface area contributed by atoms with Crippen LogP contribution in [0.3, 0.4) is 0 Å². The van der Waals surface area contributed by atoms with Crippen LogP contribution >= 0.6 is 0 Å². The number of hydrogen-bond acceptors (Lipinski definition) is 5. The molecule has 1 aromatic carbocycles. The maximum atomic E-state index is 12.7. The first kappa shape index (κ1) is 19.4. The molecule has 6 nitrogen and oxygen atoms in total. The van der Waals surface area contributed by atoms with E-state index in [1.165, 1.54) is 23.3 Å². The van der Waals surface area contributed by atoms with Gasteiger partial charge in [0, 0.05) is 26.0 Å². The summed E-state index contributed by atoms with van der Waals surface area (Å²) in [5, 5.41) is 0. The Morgan fingerprint density at radius 1 is 1.25 bits per heavy atom. The number of benzene rings is 1. The van der Waals surface area contributed by atoms with E-state index in [-0.39, 0.29) is 29.8 Å². The molecule has 0 saturated carbocycles. The second kappa shape index (κ2) is 8.12. The minimum atomic E-state index is -4.46. The van der Waals surface area contributed by atoms with Crippen molar-refractivity contribution in [1.29, 1.82) is 0 Å². The molecule has 146 valence electrons. The van der Waals surface area contributed by atoms with Crippen LogP contribution in [0.2, 0.25) is 0 Å². The SMILES string of the molecule is CN(Cc1cccnc1)C(=O)c1coc(COc2cccc(C(F)(F)F)c2)n1. The fourth-order valence-electron chi connectivity index (χ4n) is 2.42. The summed E-state index contributed by atoms with van der Waals surface area (Å²) in [6.45, 7) is 0.135. The lowest BCUT2D eigenvalue weighted by Crippen LogP contribution is -2.26. The molecular formula is C19H16F3N3O3. The summed E-state index contributed by atoms with van der Waals surface area (Å²) in [6, 6.07) is 8.09. The zero-order valence-corrected chi connectivity index (χ0v) is 14.8. The van der Waals surface area contributed by atoms with Gasteiger partial charge in [-0.3, -0.25) is 9.78 Å². The molecule has 0 saturated heterocycles. The minimum absolute atomic E-state index is 0.0228. The van der Waals surface area contributed by atoms with Gasteiger partial charge in [0.2, 0.25) is 5.89 Å².